The Bertz CT molecular complexity index is 924. The van der Waals surface area contributed by atoms with Crippen LogP contribution in [0.15, 0.2) is 55.0 Å². The van der Waals surface area contributed by atoms with Crippen molar-refractivity contribution in [3.8, 4) is 5.82 Å². The van der Waals surface area contributed by atoms with Crippen LogP contribution < -0.4 is 0 Å². The van der Waals surface area contributed by atoms with Crippen molar-refractivity contribution in [2.24, 2.45) is 0 Å². The van der Waals surface area contributed by atoms with Gasteiger partial charge >= 0.3 is 0 Å². The average molecular weight is 260 g/mol. The number of aryl methyl sites for hydroxylation is 1. The van der Waals surface area contributed by atoms with Gasteiger partial charge in [-0.1, -0.05) is 12.1 Å². The first kappa shape index (κ1) is 11.1. The van der Waals surface area contributed by atoms with Gasteiger partial charge in [-0.3, -0.25) is 4.98 Å². The highest BCUT2D eigenvalue weighted by atomic mass is 15.1. The Kier molecular flexibility index (Phi) is 2.29. The van der Waals surface area contributed by atoms with Crippen LogP contribution in [0.2, 0.25) is 0 Å². The minimum atomic E-state index is 0.773. The molecule has 3 aromatic heterocycles. The summed E-state index contributed by atoms with van der Waals surface area (Å²) in [5.74, 6) is 1.68. The molecule has 96 valence electrons. The summed E-state index contributed by atoms with van der Waals surface area (Å²) in [6, 6.07) is 12.1. The molecule has 0 aliphatic heterocycles. The zero-order chi connectivity index (χ0) is 13.5. The molecule has 20 heavy (non-hydrogen) atoms. The number of nitrogens with zero attached hydrogens (tertiary/aromatic N) is 4. The van der Waals surface area contributed by atoms with Crippen molar-refractivity contribution in [1.29, 1.82) is 0 Å². The fourth-order valence-corrected chi connectivity index (χ4v) is 2.52. The summed E-state index contributed by atoms with van der Waals surface area (Å²) < 4.78 is 2.09. The lowest BCUT2D eigenvalue weighted by molar-refractivity contribution is 0.993. The third-order valence-electron chi connectivity index (χ3n) is 3.41. The highest BCUT2D eigenvalue weighted by Crippen LogP contribution is 2.24. The first-order valence-electron chi connectivity index (χ1n) is 6.48. The molecule has 4 nitrogen and oxygen atoms in total. The summed E-state index contributed by atoms with van der Waals surface area (Å²) in [7, 11) is 0. The molecule has 0 fully saturated rings. The van der Waals surface area contributed by atoms with E-state index in [2.05, 4.69) is 31.7 Å². The van der Waals surface area contributed by atoms with Crippen LogP contribution >= 0.6 is 0 Å². The molecule has 4 heteroatoms. The van der Waals surface area contributed by atoms with Crippen molar-refractivity contribution < 1.29 is 0 Å². The summed E-state index contributed by atoms with van der Waals surface area (Å²) in [6.07, 6.45) is 5.69. The van der Waals surface area contributed by atoms with Crippen LogP contribution in [0, 0.1) is 6.92 Å². The Morgan fingerprint density at radius 1 is 1.00 bits per heavy atom. The average Bonchev–Trinajstić information content (AvgIpc) is 2.90. The summed E-state index contributed by atoms with van der Waals surface area (Å²) in [5, 5.41) is 2.15. The minimum Gasteiger partial charge on any atom is -0.300 e. The molecule has 1 aromatic carbocycles. The second-order valence-corrected chi connectivity index (χ2v) is 4.73. The van der Waals surface area contributed by atoms with Gasteiger partial charge in [0.05, 0.1) is 11.0 Å². The molecule has 0 saturated carbocycles. The SMILES string of the molecule is Cc1nc(-n2ccc3cnccc32)c2ccccc2n1. The third kappa shape index (κ3) is 1.58. The molecule has 0 unspecified atom stereocenters. The number of pyridine rings is 1. The molecule has 0 aliphatic rings. The molecule has 0 amide bonds. The molecule has 0 aliphatic carbocycles. The van der Waals surface area contributed by atoms with Crippen molar-refractivity contribution in [1.82, 2.24) is 19.5 Å². The number of aromatic nitrogens is 4. The Morgan fingerprint density at radius 2 is 1.90 bits per heavy atom. The van der Waals surface area contributed by atoms with E-state index in [1.807, 2.05) is 43.6 Å². The molecule has 0 saturated heterocycles. The quantitative estimate of drug-likeness (QED) is 0.527. The van der Waals surface area contributed by atoms with E-state index in [9.17, 15) is 0 Å². The number of benzene rings is 1. The van der Waals surface area contributed by atoms with Gasteiger partial charge in [0.25, 0.3) is 0 Å². The predicted molar refractivity (Wildman–Crippen MR) is 78.9 cm³/mol. The van der Waals surface area contributed by atoms with Gasteiger partial charge < -0.3 is 4.57 Å². The minimum absolute atomic E-state index is 0.773. The molecule has 0 bridgehead atoms. The zero-order valence-electron chi connectivity index (χ0n) is 11.0. The molecule has 3 heterocycles. The Balaban J connectivity index is 2.12. The summed E-state index contributed by atoms with van der Waals surface area (Å²) in [4.78, 5) is 13.3. The maximum Gasteiger partial charge on any atom is 0.148 e. The van der Waals surface area contributed by atoms with Crippen LogP contribution in [-0.4, -0.2) is 19.5 Å². The van der Waals surface area contributed by atoms with E-state index in [4.69, 9.17) is 0 Å². The lowest BCUT2D eigenvalue weighted by Crippen LogP contribution is -2.01. The molecule has 0 radical (unpaired) electrons. The fraction of sp³-hybridized carbons (Fsp3) is 0.0625. The third-order valence-corrected chi connectivity index (χ3v) is 3.41. The van der Waals surface area contributed by atoms with Crippen LogP contribution in [0.4, 0.5) is 0 Å². The molecule has 4 rings (SSSR count). The van der Waals surface area contributed by atoms with E-state index in [0.717, 1.165) is 33.4 Å². The van der Waals surface area contributed by atoms with Crippen LogP contribution in [-0.2, 0) is 0 Å². The summed E-state index contributed by atoms with van der Waals surface area (Å²) in [6.45, 7) is 1.92. The zero-order valence-corrected chi connectivity index (χ0v) is 11.0. The van der Waals surface area contributed by atoms with Gasteiger partial charge in [0.15, 0.2) is 0 Å². The number of fused-ring (bicyclic) bond motifs is 2. The van der Waals surface area contributed by atoms with Gasteiger partial charge in [-0.2, -0.15) is 0 Å². The van der Waals surface area contributed by atoms with Crippen LogP contribution in [0.1, 0.15) is 5.82 Å². The fourth-order valence-electron chi connectivity index (χ4n) is 2.52. The molecular weight excluding hydrogens is 248 g/mol. The first-order valence-corrected chi connectivity index (χ1v) is 6.48. The Labute approximate surface area is 115 Å². The molecular formula is C16H12N4. The van der Waals surface area contributed by atoms with Gasteiger partial charge in [0.1, 0.15) is 11.6 Å². The predicted octanol–water partition coefficient (Wildman–Crippen LogP) is 3.28. The van der Waals surface area contributed by atoms with E-state index in [0.29, 0.717) is 0 Å². The molecule has 4 aromatic rings. The number of rotatable bonds is 1. The maximum absolute atomic E-state index is 4.63. The smallest absolute Gasteiger partial charge is 0.148 e. The van der Waals surface area contributed by atoms with Crippen LogP contribution in [0.25, 0.3) is 27.6 Å². The van der Waals surface area contributed by atoms with Crippen LogP contribution in [0.3, 0.4) is 0 Å². The van der Waals surface area contributed by atoms with E-state index < -0.39 is 0 Å². The number of hydrogen-bond donors (Lipinski definition) is 0. The van der Waals surface area contributed by atoms with Gasteiger partial charge in [-0.25, -0.2) is 9.97 Å². The lowest BCUT2D eigenvalue weighted by atomic mass is 10.2. The summed E-state index contributed by atoms with van der Waals surface area (Å²) >= 11 is 0. The monoisotopic (exact) mass is 260 g/mol. The number of hydrogen-bond acceptors (Lipinski definition) is 3. The first-order chi connectivity index (χ1) is 9.83. The number of para-hydroxylation sites is 1. The van der Waals surface area contributed by atoms with Gasteiger partial charge in [-0.05, 0) is 31.2 Å². The van der Waals surface area contributed by atoms with Crippen LogP contribution in [0.5, 0.6) is 0 Å². The second kappa shape index (κ2) is 4.13. The van der Waals surface area contributed by atoms with Gasteiger partial charge in [0, 0.05) is 29.4 Å². The van der Waals surface area contributed by atoms with Crippen molar-refractivity contribution in [3.05, 3.63) is 60.8 Å². The van der Waals surface area contributed by atoms with E-state index >= 15 is 0 Å². The van der Waals surface area contributed by atoms with Crippen molar-refractivity contribution in [2.75, 3.05) is 0 Å². The Hall–Kier alpha value is -2.75. The maximum atomic E-state index is 4.63. The Morgan fingerprint density at radius 3 is 2.85 bits per heavy atom. The van der Waals surface area contributed by atoms with Crippen molar-refractivity contribution >= 4 is 21.8 Å². The second-order valence-electron chi connectivity index (χ2n) is 4.73. The topological polar surface area (TPSA) is 43.6 Å². The summed E-state index contributed by atoms with van der Waals surface area (Å²) in [5.41, 5.74) is 2.06. The molecule has 0 N–H and O–H groups in total. The lowest BCUT2D eigenvalue weighted by Gasteiger charge is -2.09. The van der Waals surface area contributed by atoms with E-state index in [-0.39, 0.29) is 0 Å². The highest BCUT2D eigenvalue weighted by Gasteiger charge is 2.09. The van der Waals surface area contributed by atoms with Crippen molar-refractivity contribution in [2.45, 2.75) is 6.92 Å². The highest BCUT2D eigenvalue weighted by molar-refractivity contribution is 5.89. The van der Waals surface area contributed by atoms with E-state index in [1.54, 1.807) is 6.20 Å². The van der Waals surface area contributed by atoms with E-state index in [1.165, 1.54) is 0 Å². The van der Waals surface area contributed by atoms with Gasteiger partial charge in [0.2, 0.25) is 0 Å². The normalized spacial score (nSPS) is 11.2. The standard InChI is InChI=1S/C16H12N4/c1-11-18-14-5-3-2-4-13(14)16(19-11)20-9-7-12-10-17-8-6-15(12)20/h2-10H,1H3. The van der Waals surface area contributed by atoms with Gasteiger partial charge in [-0.15, -0.1) is 0 Å². The van der Waals surface area contributed by atoms with Crippen molar-refractivity contribution in [3.63, 3.8) is 0 Å². The largest absolute Gasteiger partial charge is 0.300 e. The molecule has 0 atom stereocenters. The molecule has 0 spiro atoms.